The van der Waals surface area contributed by atoms with Gasteiger partial charge in [-0.15, -0.1) is 0 Å². The molecule has 0 bridgehead atoms. The number of aromatic amines is 1. The minimum absolute atomic E-state index is 0.0945. The van der Waals surface area contributed by atoms with Crippen molar-refractivity contribution in [3.63, 3.8) is 0 Å². The van der Waals surface area contributed by atoms with Gasteiger partial charge < -0.3 is 4.98 Å². The third kappa shape index (κ3) is 2.09. The van der Waals surface area contributed by atoms with Gasteiger partial charge in [0.1, 0.15) is 5.82 Å². The molecule has 0 spiro atoms. The third-order valence-electron chi connectivity index (χ3n) is 3.34. The standard InChI is InChI=1S/C16H13FN2O/c1-9-3-4-11(17)6-12(9)14-7-16(20)13-5-10(2)18-8-15(13)19-14/h3-8H,1-2H3,(H,19,20). The molecule has 3 nitrogen and oxygen atoms in total. The van der Waals surface area contributed by atoms with E-state index in [-0.39, 0.29) is 11.2 Å². The van der Waals surface area contributed by atoms with Gasteiger partial charge in [-0.1, -0.05) is 6.07 Å². The fourth-order valence-corrected chi connectivity index (χ4v) is 2.28. The number of hydrogen-bond donors (Lipinski definition) is 1. The monoisotopic (exact) mass is 268 g/mol. The summed E-state index contributed by atoms with van der Waals surface area (Å²) >= 11 is 0. The quantitative estimate of drug-likeness (QED) is 0.735. The molecular weight excluding hydrogens is 255 g/mol. The molecule has 0 radical (unpaired) electrons. The van der Waals surface area contributed by atoms with Gasteiger partial charge in [0.25, 0.3) is 0 Å². The summed E-state index contributed by atoms with van der Waals surface area (Å²) in [5.74, 6) is -0.325. The smallest absolute Gasteiger partial charge is 0.190 e. The van der Waals surface area contributed by atoms with Crippen LogP contribution in [0.1, 0.15) is 11.3 Å². The van der Waals surface area contributed by atoms with Gasteiger partial charge in [-0.25, -0.2) is 4.39 Å². The lowest BCUT2D eigenvalue weighted by Crippen LogP contribution is -2.04. The predicted molar refractivity (Wildman–Crippen MR) is 77.2 cm³/mol. The Morgan fingerprint density at radius 3 is 2.75 bits per heavy atom. The van der Waals surface area contributed by atoms with Crippen LogP contribution in [0.25, 0.3) is 22.2 Å². The van der Waals surface area contributed by atoms with E-state index in [9.17, 15) is 9.18 Å². The lowest BCUT2D eigenvalue weighted by atomic mass is 10.0. The zero-order valence-corrected chi connectivity index (χ0v) is 11.2. The number of nitrogens with one attached hydrogen (secondary N) is 1. The number of aryl methyl sites for hydroxylation is 2. The highest BCUT2D eigenvalue weighted by atomic mass is 19.1. The molecule has 4 heteroatoms. The first-order valence-corrected chi connectivity index (χ1v) is 6.31. The summed E-state index contributed by atoms with van der Waals surface area (Å²) in [7, 11) is 0. The number of nitrogens with zero attached hydrogens (tertiary/aromatic N) is 1. The van der Waals surface area contributed by atoms with Crippen LogP contribution in [0.15, 0.2) is 41.3 Å². The predicted octanol–water partition coefficient (Wildman–Crippen LogP) is 3.35. The van der Waals surface area contributed by atoms with Crippen molar-refractivity contribution >= 4 is 10.9 Å². The van der Waals surface area contributed by atoms with Crippen LogP contribution >= 0.6 is 0 Å². The molecular formula is C16H13FN2O. The average Bonchev–Trinajstić information content (AvgIpc) is 2.42. The van der Waals surface area contributed by atoms with Gasteiger partial charge >= 0.3 is 0 Å². The molecule has 1 N–H and O–H groups in total. The van der Waals surface area contributed by atoms with Crippen LogP contribution in [0.4, 0.5) is 4.39 Å². The average molecular weight is 268 g/mol. The van der Waals surface area contributed by atoms with Crippen molar-refractivity contribution in [3.8, 4) is 11.3 Å². The Morgan fingerprint density at radius 2 is 1.95 bits per heavy atom. The minimum atomic E-state index is -0.325. The van der Waals surface area contributed by atoms with E-state index in [4.69, 9.17) is 0 Å². The van der Waals surface area contributed by atoms with Crippen LogP contribution in [0.2, 0.25) is 0 Å². The molecule has 0 aliphatic rings. The van der Waals surface area contributed by atoms with Crippen molar-refractivity contribution in [2.45, 2.75) is 13.8 Å². The lowest BCUT2D eigenvalue weighted by molar-refractivity contribution is 0.628. The number of aromatic nitrogens is 2. The molecule has 0 saturated carbocycles. The molecule has 0 atom stereocenters. The molecule has 0 aliphatic carbocycles. The molecule has 3 rings (SSSR count). The molecule has 3 aromatic rings. The summed E-state index contributed by atoms with van der Waals surface area (Å²) in [6.45, 7) is 3.72. The Balaban J connectivity index is 2.30. The van der Waals surface area contributed by atoms with Gasteiger partial charge in [-0.05, 0) is 37.6 Å². The minimum Gasteiger partial charge on any atom is -0.353 e. The first-order chi connectivity index (χ1) is 9.54. The maximum absolute atomic E-state index is 13.4. The number of benzene rings is 1. The molecule has 0 saturated heterocycles. The SMILES string of the molecule is Cc1cc2c(=O)cc(-c3cc(F)ccc3C)[nH]c2cn1. The molecule has 20 heavy (non-hydrogen) atoms. The topological polar surface area (TPSA) is 45.8 Å². The van der Waals surface area contributed by atoms with Crippen molar-refractivity contribution in [2.24, 2.45) is 0 Å². The Hall–Kier alpha value is -2.49. The normalized spacial score (nSPS) is 10.9. The molecule has 100 valence electrons. The Bertz CT molecular complexity index is 868. The van der Waals surface area contributed by atoms with Crippen molar-refractivity contribution in [2.75, 3.05) is 0 Å². The van der Waals surface area contributed by atoms with E-state index in [1.807, 2.05) is 13.8 Å². The maximum atomic E-state index is 13.4. The second kappa shape index (κ2) is 4.56. The second-order valence-electron chi connectivity index (χ2n) is 4.88. The largest absolute Gasteiger partial charge is 0.353 e. The molecule has 0 aliphatic heterocycles. The highest BCUT2D eigenvalue weighted by molar-refractivity contribution is 5.81. The van der Waals surface area contributed by atoms with Gasteiger partial charge in [0.15, 0.2) is 5.43 Å². The van der Waals surface area contributed by atoms with E-state index in [2.05, 4.69) is 9.97 Å². The summed E-state index contributed by atoms with van der Waals surface area (Å²) in [6.07, 6.45) is 1.63. The van der Waals surface area contributed by atoms with Crippen LogP contribution in [-0.2, 0) is 0 Å². The molecule has 2 aromatic heterocycles. The van der Waals surface area contributed by atoms with E-state index in [1.165, 1.54) is 18.2 Å². The number of pyridine rings is 2. The van der Waals surface area contributed by atoms with Gasteiger partial charge in [0.05, 0.1) is 17.4 Å². The summed E-state index contributed by atoms with van der Waals surface area (Å²) in [6, 6.07) is 7.78. The van der Waals surface area contributed by atoms with E-state index >= 15 is 0 Å². The molecule has 2 heterocycles. The zero-order chi connectivity index (χ0) is 14.3. The number of hydrogen-bond acceptors (Lipinski definition) is 2. The molecule has 0 amide bonds. The summed E-state index contributed by atoms with van der Waals surface area (Å²) in [5, 5.41) is 0.593. The number of halogens is 1. The van der Waals surface area contributed by atoms with Crippen LogP contribution in [0, 0.1) is 19.7 Å². The summed E-state index contributed by atoms with van der Waals surface area (Å²) in [4.78, 5) is 19.5. The van der Waals surface area contributed by atoms with Crippen LogP contribution in [0.5, 0.6) is 0 Å². The van der Waals surface area contributed by atoms with E-state index in [0.29, 0.717) is 22.2 Å². The zero-order valence-electron chi connectivity index (χ0n) is 11.2. The molecule has 0 unspecified atom stereocenters. The summed E-state index contributed by atoms with van der Waals surface area (Å²) < 4.78 is 13.4. The highest BCUT2D eigenvalue weighted by Gasteiger charge is 2.08. The van der Waals surface area contributed by atoms with Gasteiger partial charge in [-0.3, -0.25) is 9.78 Å². The Kier molecular flexibility index (Phi) is 2.86. The van der Waals surface area contributed by atoms with Crippen LogP contribution in [0.3, 0.4) is 0 Å². The van der Waals surface area contributed by atoms with Crippen molar-refractivity contribution < 1.29 is 4.39 Å². The van der Waals surface area contributed by atoms with Crippen LogP contribution < -0.4 is 5.43 Å². The third-order valence-corrected chi connectivity index (χ3v) is 3.34. The Labute approximate surface area is 115 Å². The van der Waals surface area contributed by atoms with Crippen molar-refractivity contribution in [3.05, 3.63) is 63.8 Å². The van der Waals surface area contributed by atoms with E-state index < -0.39 is 0 Å². The van der Waals surface area contributed by atoms with Gasteiger partial charge in [-0.2, -0.15) is 0 Å². The van der Waals surface area contributed by atoms with Crippen molar-refractivity contribution in [1.29, 1.82) is 0 Å². The number of H-pyrrole nitrogens is 1. The van der Waals surface area contributed by atoms with E-state index in [1.54, 1.807) is 18.3 Å². The van der Waals surface area contributed by atoms with Gasteiger partial charge in [0, 0.05) is 22.7 Å². The number of fused-ring (bicyclic) bond motifs is 1. The Morgan fingerprint density at radius 1 is 1.15 bits per heavy atom. The first-order valence-electron chi connectivity index (χ1n) is 6.31. The fraction of sp³-hybridized carbons (Fsp3) is 0.125. The van der Waals surface area contributed by atoms with E-state index in [0.717, 1.165) is 11.3 Å². The molecule has 0 fully saturated rings. The second-order valence-corrected chi connectivity index (χ2v) is 4.88. The van der Waals surface area contributed by atoms with Gasteiger partial charge in [0.2, 0.25) is 0 Å². The maximum Gasteiger partial charge on any atom is 0.190 e. The highest BCUT2D eigenvalue weighted by Crippen LogP contribution is 2.23. The molecule has 1 aromatic carbocycles. The van der Waals surface area contributed by atoms with Crippen molar-refractivity contribution in [1.82, 2.24) is 9.97 Å². The summed E-state index contributed by atoms with van der Waals surface area (Å²) in [5.41, 5.74) is 3.54. The first kappa shape index (κ1) is 12.5. The number of rotatable bonds is 1. The fourth-order valence-electron chi connectivity index (χ4n) is 2.28. The van der Waals surface area contributed by atoms with Crippen LogP contribution in [-0.4, -0.2) is 9.97 Å². The lowest BCUT2D eigenvalue weighted by Gasteiger charge is -2.08.